The summed E-state index contributed by atoms with van der Waals surface area (Å²) in [5, 5.41) is 7.16. The number of anilines is 3. The van der Waals surface area contributed by atoms with E-state index in [1.165, 1.54) is 60.4 Å². The molecule has 10 aromatic carbocycles. The van der Waals surface area contributed by atoms with Crippen LogP contribution in [0, 0.1) is 0 Å². The first-order chi connectivity index (χ1) is 30.2. The second kappa shape index (κ2) is 14.3. The third-order valence-corrected chi connectivity index (χ3v) is 12.2. The fourth-order valence-electron chi connectivity index (χ4n) is 9.25. The van der Waals surface area contributed by atoms with Crippen molar-refractivity contribution in [3.8, 4) is 39.1 Å². The summed E-state index contributed by atoms with van der Waals surface area (Å²) in [5.41, 5.74) is 15.5. The zero-order valence-corrected chi connectivity index (χ0v) is 33.2. The first-order valence-electron chi connectivity index (χ1n) is 20.8. The third-order valence-electron chi connectivity index (χ3n) is 12.2. The van der Waals surface area contributed by atoms with Crippen molar-refractivity contribution in [2.24, 2.45) is 0 Å². The van der Waals surface area contributed by atoms with Crippen LogP contribution >= 0.6 is 0 Å². The Kier molecular flexibility index (Phi) is 8.17. The lowest BCUT2D eigenvalue weighted by Crippen LogP contribution is -2.10. The standard InChI is InChI=1S/C58H38N2O/c1-3-12-39(13-4-1)41-26-32-47(33-27-41)59(54-21-11-19-52-57-49-17-8-7-14-44(49)31-37-56(57)61-58(52)54)48-34-28-42(29-35-48)40-22-24-43(25-23-40)45-30-36-51-50-18-9-10-20-53(50)60(55(51)38-45)46-15-5-2-6-16-46/h1-38H. The minimum atomic E-state index is 0.864. The van der Waals surface area contributed by atoms with Gasteiger partial charge in [0, 0.05) is 38.6 Å². The lowest BCUT2D eigenvalue weighted by Gasteiger charge is -2.26. The molecule has 0 fully saturated rings. The number of rotatable bonds is 7. The molecular weight excluding hydrogens is 741 g/mol. The molecule has 0 aliphatic carbocycles. The number of furan rings is 1. The lowest BCUT2D eigenvalue weighted by molar-refractivity contribution is 0.669. The predicted octanol–water partition coefficient (Wildman–Crippen LogP) is 16.3. The van der Waals surface area contributed by atoms with E-state index in [1.807, 2.05) is 0 Å². The van der Waals surface area contributed by atoms with E-state index in [2.05, 4.69) is 240 Å². The zero-order chi connectivity index (χ0) is 40.3. The second-order valence-corrected chi connectivity index (χ2v) is 15.7. The molecule has 0 saturated carbocycles. The molecule has 286 valence electrons. The molecule has 0 atom stereocenters. The van der Waals surface area contributed by atoms with Gasteiger partial charge in [0.05, 0.1) is 16.7 Å². The fourth-order valence-corrected chi connectivity index (χ4v) is 9.25. The number of hydrogen-bond donors (Lipinski definition) is 0. The van der Waals surface area contributed by atoms with Crippen molar-refractivity contribution < 1.29 is 4.42 Å². The molecule has 2 heterocycles. The summed E-state index contributed by atoms with van der Waals surface area (Å²) in [5.74, 6) is 0. The van der Waals surface area contributed by atoms with Crippen molar-refractivity contribution in [3.63, 3.8) is 0 Å². The fraction of sp³-hybridized carbons (Fsp3) is 0. The van der Waals surface area contributed by atoms with Crippen molar-refractivity contribution in [3.05, 3.63) is 231 Å². The van der Waals surface area contributed by atoms with Gasteiger partial charge in [-0.05, 0) is 105 Å². The molecule has 0 aliphatic rings. The number of fused-ring (bicyclic) bond motifs is 8. The van der Waals surface area contributed by atoms with Crippen molar-refractivity contribution in [1.82, 2.24) is 4.57 Å². The molecule has 12 rings (SSSR count). The molecule has 0 bridgehead atoms. The normalized spacial score (nSPS) is 11.6. The lowest BCUT2D eigenvalue weighted by atomic mass is 9.99. The maximum Gasteiger partial charge on any atom is 0.159 e. The summed E-state index contributed by atoms with van der Waals surface area (Å²) in [7, 11) is 0. The molecular formula is C58H38N2O. The Morgan fingerprint density at radius 3 is 1.57 bits per heavy atom. The Morgan fingerprint density at radius 2 is 0.869 bits per heavy atom. The van der Waals surface area contributed by atoms with Gasteiger partial charge in [-0.1, -0.05) is 170 Å². The topological polar surface area (TPSA) is 21.3 Å². The molecule has 0 unspecified atom stereocenters. The van der Waals surface area contributed by atoms with Crippen LogP contribution in [-0.4, -0.2) is 4.57 Å². The Hall–Kier alpha value is -8.14. The van der Waals surface area contributed by atoms with E-state index in [-0.39, 0.29) is 0 Å². The molecule has 0 N–H and O–H groups in total. The maximum absolute atomic E-state index is 6.77. The Labute approximate surface area is 353 Å². The highest BCUT2D eigenvalue weighted by Gasteiger charge is 2.21. The Morgan fingerprint density at radius 1 is 0.344 bits per heavy atom. The molecule has 0 saturated heterocycles. The van der Waals surface area contributed by atoms with Crippen LogP contribution in [0.5, 0.6) is 0 Å². The predicted molar refractivity (Wildman–Crippen MR) is 257 cm³/mol. The number of nitrogens with zero attached hydrogens (tertiary/aromatic N) is 2. The van der Waals surface area contributed by atoms with Gasteiger partial charge in [0.2, 0.25) is 0 Å². The van der Waals surface area contributed by atoms with E-state index in [1.54, 1.807) is 0 Å². The van der Waals surface area contributed by atoms with Gasteiger partial charge >= 0.3 is 0 Å². The first-order valence-corrected chi connectivity index (χ1v) is 20.8. The average Bonchev–Trinajstić information content (AvgIpc) is 3.89. The second-order valence-electron chi connectivity index (χ2n) is 15.7. The highest BCUT2D eigenvalue weighted by molar-refractivity contribution is 6.21. The summed E-state index contributed by atoms with van der Waals surface area (Å²) in [6, 6.07) is 82.7. The van der Waals surface area contributed by atoms with Gasteiger partial charge in [-0.3, -0.25) is 0 Å². The number of aromatic nitrogens is 1. The zero-order valence-electron chi connectivity index (χ0n) is 33.2. The van der Waals surface area contributed by atoms with Crippen LogP contribution in [-0.2, 0) is 0 Å². The SMILES string of the molecule is c1ccc(-c2ccc(N(c3ccc(-c4ccc(-c5ccc6c7ccccc7n(-c7ccccc7)c6c5)cc4)cc3)c3cccc4c3oc3ccc5ccccc5c34)cc2)cc1. The third kappa shape index (κ3) is 5.90. The largest absolute Gasteiger partial charge is 0.454 e. The van der Waals surface area contributed by atoms with Gasteiger partial charge in [-0.2, -0.15) is 0 Å². The number of hydrogen-bond acceptors (Lipinski definition) is 2. The highest BCUT2D eigenvalue weighted by Crippen LogP contribution is 2.44. The monoisotopic (exact) mass is 778 g/mol. The van der Waals surface area contributed by atoms with Crippen LogP contribution < -0.4 is 4.90 Å². The average molecular weight is 779 g/mol. The van der Waals surface area contributed by atoms with E-state index in [9.17, 15) is 0 Å². The first kappa shape index (κ1) is 34.9. The van der Waals surface area contributed by atoms with Crippen molar-refractivity contribution in [1.29, 1.82) is 0 Å². The van der Waals surface area contributed by atoms with Gasteiger partial charge in [-0.25, -0.2) is 0 Å². The summed E-state index contributed by atoms with van der Waals surface area (Å²) in [6.45, 7) is 0. The highest BCUT2D eigenvalue weighted by atomic mass is 16.3. The van der Waals surface area contributed by atoms with E-state index < -0.39 is 0 Å². The molecule has 3 heteroatoms. The molecule has 0 spiro atoms. The quantitative estimate of drug-likeness (QED) is 0.161. The summed E-state index contributed by atoms with van der Waals surface area (Å²) < 4.78 is 9.15. The summed E-state index contributed by atoms with van der Waals surface area (Å²) in [4.78, 5) is 2.32. The van der Waals surface area contributed by atoms with Crippen LogP contribution in [0.25, 0.3) is 93.6 Å². The summed E-state index contributed by atoms with van der Waals surface area (Å²) in [6.07, 6.45) is 0. The molecule has 0 aliphatic heterocycles. The van der Waals surface area contributed by atoms with Gasteiger partial charge < -0.3 is 13.9 Å². The maximum atomic E-state index is 6.77. The van der Waals surface area contributed by atoms with Crippen molar-refractivity contribution in [2.45, 2.75) is 0 Å². The van der Waals surface area contributed by atoms with Crippen LogP contribution in [0.3, 0.4) is 0 Å². The Balaban J connectivity index is 0.922. The van der Waals surface area contributed by atoms with Crippen molar-refractivity contribution in [2.75, 3.05) is 4.90 Å². The number of para-hydroxylation sites is 3. The summed E-state index contributed by atoms with van der Waals surface area (Å²) >= 11 is 0. The van der Waals surface area contributed by atoms with Gasteiger partial charge in [0.25, 0.3) is 0 Å². The van der Waals surface area contributed by atoms with Crippen LogP contribution in [0.2, 0.25) is 0 Å². The minimum Gasteiger partial charge on any atom is -0.454 e. The Bertz CT molecular complexity index is 3550. The van der Waals surface area contributed by atoms with E-state index in [4.69, 9.17) is 4.42 Å². The molecule has 0 radical (unpaired) electrons. The molecule has 0 amide bonds. The van der Waals surface area contributed by atoms with E-state index >= 15 is 0 Å². The molecule has 61 heavy (non-hydrogen) atoms. The van der Waals surface area contributed by atoms with E-state index in [0.29, 0.717) is 0 Å². The van der Waals surface area contributed by atoms with Crippen LogP contribution in [0.15, 0.2) is 235 Å². The van der Waals surface area contributed by atoms with Crippen LogP contribution in [0.1, 0.15) is 0 Å². The number of benzene rings is 10. The molecule has 3 nitrogen and oxygen atoms in total. The van der Waals surface area contributed by atoms with Crippen LogP contribution in [0.4, 0.5) is 17.1 Å². The van der Waals surface area contributed by atoms with Gasteiger partial charge in [-0.15, -0.1) is 0 Å². The van der Waals surface area contributed by atoms with Gasteiger partial charge in [0.1, 0.15) is 5.58 Å². The minimum absolute atomic E-state index is 0.864. The molecule has 12 aromatic rings. The van der Waals surface area contributed by atoms with Gasteiger partial charge in [0.15, 0.2) is 5.58 Å². The molecule has 2 aromatic heterocycles. The van der Waals surface area contributed by atoms with Crippen molar-refractivity contribution >= 4 is 71.6 Å². The van der Waals surface area contributed by atoms with E-state index in [0.717, 1.165) is 50.3 Å². The smallest absolute Gasteiger partial charge is 0.159 e.